The highest BCUT2D eigenvalue weighted by atomic mass is 32.2. The summed E-state index contributed by atoms with van der Waals surface area (Å²) in [5.41, 5.74) is 0. The molecule has 1 aliphatic carbocycles. The largest absolute Gasteiger partial charge is 0.314 e. The predicted octanol–water partition coefficient (Wildman–Crippen LogP) is 3.00. The van der Waals surface area contributed by atoms with Gasteiger partial charge in [0.05, 0.1) is 0 Å². The molecular formula is C12H23NS2. The number of hydrogen-bond acceptors (Lipinski definition) is 3. The van der Waals surface area contributed by atoms with Crippen LogP contribution in [-0.2, 0) is 0 Å². The third kappa shape index (κ3) is 3.86. The number of rotatable bonds is 4. The van der Waals surface area contributed by atoms with E-state index in [0.717, 1.165) is 17.2 Å². The van der Waals surface area contributed by atoms with E-state index in [0.29, 0.717) is 0 Å². The Kier molecular flexibility index (Phi) is 5.18. The van der Waals surface area contributed by atoms with Crippen LogP contribution in [0.25, 0.3) is 0 Å². The molecule has 88 valence electrons. The van der Waals surface area contributed by atoms with Crippen LogP contribution in [0.5, 0.6) is 0 Å². The Morgan fingerprint density at radius 1 is 1.33 bits per heavy atom. The molecule has 1 nitrogen and oxygen atoms in total. The van der Waals surface area contributed by atoms with Crippen molar-refractivity contribution >= 4 is 23.5 Å². The highest BCUT2D eigenvalue weighted by Gasteiger charge is 2.22. The smallest absolute Gasteiger partial charge is 0.00777 e. The van der Waals surface area contributed by atoms with E-state index < -0.39 is 0 Å². The lowest BCUT2D eigenvalue weighted by atomic mass is 9.94. The van der Waals surface area contributed by atoms with Crippen LogP contribution in [0.1, 0.15) is 32.1 Å². The maximum absolute atomic E-state index is 3.80. The first-order chi connectivity index (χ1) is 7.38. The van der Waals surface area contributed by atoms with Gasteiger partial charge in [-0.2, -0.15) is 23.5 Å². The van der Waals surface area contributed by atoms with Gasteiger partial charge in [-0.05, 0) is 55.9 Å². The second kappa shape index (κ2) is 6.41. The maximum Gasteiger partial charge on any atom is 0.00777 e. The van der Waals surface area contributed by atoms with E-state index >= 15 is 0 Å². The third-order valence-electron chi connectivity index (χ3n) is 3.68. The Hall–Kier alpha value is 0.660. The molecule has 1 aliphatic heterocycles. The lowest BCUT2D eigenvalue weighted by Crippen LogP contribution is -2.37. The zero-order valence-electron chi connectivity index (χ0n) is 9.71. The van der Waals surface area contributed by atoms with Gasteiger partial charge in [0.2, 0.25) is 0 Å². The van der Waals surface area contributed by atoms with Gasteiger partial charge in [0.15, 0.2) is 0 Å². The zero-order valence-corrected chi connectivity index (χ0v) is 11.3. The van der Waals surface area contributed by atoms with E-state index in [9.17, 15) is 0 Å². The normalized spacial score (nSPS) is 37.0. The van der Waals surface area contributed by atoms with Gasteiger partial charge in [-0.1, -0.05) is 6.42 Å². The molecule has 1 N–H and O–H groups in total. The van der Waals surface area contributed by atoms with Crippen molar-refractivity contribution < 1.29 is 0 Å². The molecule has 1 saturated carbocycles. The molecule has 15 heavy (non-hydrogen) atoms. The Labute approximate surface area is 103 Å². The minimum atomic E-state index is 0.821. The van der Waals surface area contributed by atoms with Gasteiger partial charge in [0.1, 0.15) is 0 Å². The fraction of sp³-hybridized carbons (Fsp3) is 1.00. The molecule has 2 rings (SSSR count). The van der Waals surface area contributed by atoms with E-state index in [4.69, 9.17) is 0 Å². The molecule has 0 aromatic heterocycles. The molecular weight excluding hydrogens is 222 g/mol. The van der Waals surface area contributed by atoms with E-state index in [-0.39, 0.29) is 0 Å². The Morgan fingerprint density at radius 2 is 2.27 bits per heavy atom. The van der Waals surface area contributed by atoms with Crippen molar-refractivity contribution in [3.05, 3.63) is 0 Å². The minimum Gasteiger partial charge on any atom is -0.314 e. The van der Waals surface area contributed by atoms with Gasteiger partial charge in [-0.3, -0.25) is 0 Å². The summed E-state index contributed by atoms with van der Waals surface area (Å²) in [6, 6.07) is 0.821. The first-order valence-electron chi connectivity index (χ1n) is 6.22. The summed E-state index contributed by atoms with van der Waals surface area (Å²) in [6.07, 6.45) is 9.40. The molecule has 0 radical (unpaired) electrons. The van der Waals surface area contributed by atoms with Crippen LogP contribution in [0.3, 0.4) is 0 Å². The minimum absolute atomic E-state index is 0.821. The molecule has 3 heteroatoms. The van der Waals surface area contributed by atoms with Crippen molar-refractivity contribution in [2.45, 2.75) is 43.4 Å². The molecule has 3 atom stereocenters. The summed E-state index contributed by atoms with van der Waals surface area (Å²) in [5.74, 6) is 3.75. The van der Waals surface area contributed by atoms with Crippen LogP contribution in [0.15, 0.2) is 0 Å². The number of thioether (sulfide) groups is 2. The second-order valence-electron chi connectivity index (χ2n) is 4.86. The van der Waals surface area contributed by atoms with Crippen LogP contribution in [0, 0.1) is 5.92 Å². The lowest BCUT2D eigenvalue weighted by molar-refractivity contribution is 0.360. The Morgan fingerprint density at radius 3 is 3.00 bits per heavy atom. The first kappa shape index (κ1) is 12.1. The van der Waals surface area contributed by atoms with Crippen LogP contribution < -0.4 is 5.32 Å². The number of nitrogens with one attached hydrogen (secondary N) is 1. The predicted molar refractivity (Wildman–Crippen MR) is 73.0 cm³/mol. The van der Waals surface area contributed by atoms with Gasteiger partial charge in [0, 0.05) is 11.3 Å². The van der Waals surface area contributed by atoms with Crippen LogP contribution in [0.2, 0.25) is 0 Å². The van der Waals surface area contributed by atoms with Crippen molar-refractivity contribution in [2.75, 3.05) is 24.3 Å². The van der Waals surface area contributed by atoms with Crippen molar-refractivity contribution in [1.82, 2.24) is 5.32 Å². The van der Waals surface area contributed by atoms with Gasteiger partial charge in [0.25, 0.3) is 0 Å². The van der Waals surface area contributed by atoms with Crippen LogP contribution >= 0.6 is 23.5 Å². The standard InChI is InChI=1S/C12H23NS2/c1-14-12-4-2-3-11(7-12)13-8-10-5-6-15-9-10/h10-13H,2-9H2,1H3. The highest BCUT2D eigenvalue weighted by Crippen LogP contribution is 2.28. The third-order valence-corrected chi connectivity index (χ3v) is 6.00. The topological polar surface area (TPSA) is 12.0 Å². The molecule has 0 amide bonds. The first-order valence-corrected chi connectivity index (χ1v) is 8.66. The van der Waals surface area contributed by atoms with Crippen molar-refractivity contribution in [3.63, 3.8) is 0 Å². The van der Waals surface area contributed by atoms with Gasteiger partial charge >= 0.3 is 0 Å². The SMILES string of the molecule is CSC1CCCC(NCC2CCSC2)C1. The molecule has 1 saturated heterocycles. The lowest BCUT2D eigenvalue weighted by Gasteiger charge is -2.29. The second-order valence-corrected chi connectivity index (χ2v) is 7.15. The molecule has 0 spiro atoms. The average molecular weight is 245 g/mol. The fourth-order valence-corrected chi connectivity index (χ4v) is 4.73. The van der Waals surface area contributed by atoms with E-state index in [1.54, 1.807) is 0 Å². The van der Waals surface area contributed by atoms with Crippen molar-refractivity contribution in [1.29, 1.82) is 0 Å². The Balaban J connectivity index is 1.65. The summed E-state index contributed by atoms with van der Waals surface area (Å²) in [7, 11) is 0. The quantitative estimate of drug-likeness (QED) is 0.818. The van der Waals surface area contributed by atoms with E-state index in [1.807, 2.05) is 0 Å². The fourth-order valence-electron chi connectivity index (χ4n) is 2.62. The van der Waals surface area contributed by atoms with Gasteiger partial charge < -0.3 is 5.32 Å². The molecule has 0 bridgehead atoms. The molecule has 3 unspecified atom stereocenters. The van der Waals surface area contributed by atoms with E-state index in [1.165, 1.54) is 50.2 Å². The summed E-state index contributed by atoms with van der Waals surface area (Å²) in [4.78, 5) is 0. The molecule has 0 aromatic rings. The molecule has 0 aromatic carbocycles. The number of hydrogen-bond donors (Lipinski definition) is 1. The van der Waals surface area contributed by atoms with Crippen LogP contribution in [-0.4, -0.2) is 35.6 Å². The molecule has 1 heterocycles. The zero-order chi connectivity index (χ0) is 10.5. The molecule has 2 aliphatic rings. The van der Waals surface area contributed by atoms with Crippen molar-refractivity contribution in [3.8, 4) is 0 Å². The summed E-state index contributed by atoms with van der Waals surface area (Å²) < 4.78 is 0. The average Bonchev–Trinajstić information content (AvgIpc) is 2.79. The summed E-state index contributed by atoms with van der Waals surface area (Å²) in [6.45, 7) is 1.28. The summed E-state index contributed by atoms with van der Waals surface area (Å²) >= 11 is 4.19. The van der Waals surface area contributed by atoms with Crippen molar-refractivity contribution in [2.24, 2.45) is 5.92 Å². The Bertz CT molecular complexity index is 180. The monoisotopic (exact) mass is 245 g/mol. The highest BCUT2D eigenvalue weighted by molar-refractivity contribution is 7.99. The maximum atomic E-state index is 3.80. The van der Waals surface area contributed by atoms with Crippen LogP contribution in [0.4, 0.5) is 0 Å². The van der Waals surface area contributed by atoms with Gasteiger partial charge in [-0.15, -0.1) is 0 Å². The van der Waals surface area contributed by atoms with Gasteiger partial charge in [-0.25, -0.2) is 0 Å². The summed E-state index contributed by atoms with van der Waals surface area (Å²) in [5, 5.41) is 4.73. The molecule has 2 fully saturated rings. The van der Waals surface area contributed by atoms with E-state index in [2.05, 4.69) is 35.1 Å².